The third-order valence-electron chi connectivity index (χ3n) is 3.63. The minimum absolute atomic E-state index is 0.0758. The van der Waals surface area contributed by atoms with Crippen LogP contribution in [0.1, 0.15) is 12.8 Å². The predicted octanol–water partition coefficient (Wildman–Crippen LogP) is -0.265. The van der Waals surface area contributed by atoms with Crippen LogP contribution < -0.4 is 0 Å². The maximum absolute atomic E-state index is 12.1. The fraction of sp³-hybridized carbons (Fsp3) is 0.909. The van der Waals surface area contributed by atoms with E-state index in [0.717, 1.165) is 25.9 Å². The summed E-state index contributed by atoms with van der Waals surface area (Å²) in [6.07, 6.45) is 1.80. The van der Waals surface area contributed by atoms with Gasteiger partial charge in [-0.1, -0.05) is 0 Å². The molecule has 2 aliphatic heterocycles. The molecular formula is C11H20N2O3. The van der Waals surface area contributed by atoms with E-state index in [1.165, 1.54) is 0 Å². The summed E-state index contributed by atoms with van der Waals surface area (Å²) in [4.78, 5) is 15.7. The Hall–Kier alpha value is -0.810. The third kappa shape index (κ3) is 2.30. The number of rotatable bonds is 2. The van der Waals surface area contributed by atoms with Crippen molar-refractivity contribution in [1.82, 2.24) is 9.80 Å². The van der Waals surface area contributed by atoms with Crippen molar-refractivity contribution in [2.45, 2.75) is 12.8 Å². The lowest BCUT2D eigenvalue weighted by molar-refractivity contribution is 0.162. The first kappa shape index (κ1) is 11.7. The van der Waals surface area contributed by atoms with Crippen molar-refractivity contribution in [2.75, 3.05) is 39.4 Å². The van der Waals surface area contributed by atoms with Gasteiger partial charge in [0.15, 0.2) is 0 Å². The van der Waals surface area contributed by atoms with E-state index in [-0.39, 0.29) is 31.1 Å². The van der Waals surface area contributed by atoms with E-state index in [4.69, 9.17) is 10.2 Å². The lowest BCUT2D eigenvalue weighted by Crippen LogP contribution is -2.41. The Morgan fingerprint density at radius 2 is 1.44 bits per heavy atom. The molecule has 92 valence electrons. The van der Waals surface area contributed by atoms with Gasteiger partial charge >= 0.3 is 6.03 Å². The number of carbonyl (C=O) groups is 1. The van der Waals surface area contributed by atoms with Crippen molar-refractivity contribution >= 4 is 6.03 Å². The Kier molecular flexibility index (Phi) is 3.66. The number of aliphatic hydroxyl groups is 2. The van der Waals surface area contributed by atoms with Crippen LogP contribution in [0.15, 0.2) is 0 Å². The SMILES string of the molecule is O=C(N1CC[C@H](CO)C1)N1CC[C@H](CO)C1. The maximum Gasteiger partial charge on any atom is 0.320 e. The molecule has 2 rings (SSSR count). The van der Waals surface area contributed by atoms with Gasteiger partial charge in [0, 0.05) is 51.2 Å². The second-order valence-corrected chi connectivity index (χ2v) is 4.85. The van der Waals surface area contributed by atoms with E-state index < -0.39 is 0 Å². The molecule has 0 aromatic carbocycles. The van der Waals surface area contributed by atoms with E-state index >= 15 is 0 Å². The zero-order valence-corrected chi connectivity index (χ0v) is 9.51. The minimum Gasteiger partial charge on any atom is -0.396 e. The van der Waals surface area contributed by atoms with E-state index in [1.807, 2.05) is 9.80 Å². The molecule has 0 unspecified atom stereocenters. The number of urea groups is 1. The molecule has 2 heterocycles. The van der Waals surface area contributed by atoms with Crippen molar-refractivity contribution in [3.05, 3.63) is 0 Å². The van der Waals surface area contributed by atoms with Gasteiger partial charge < -0.3 is 20.0 Å². The Morgan fingerprint density at radius 1 is 1.00 bits per heavy atom. The molecule has 16 heavy (non-hydrogen) atoms. The van der Waals surface area contributed by atoms with Crippen LogP contribution in [0, 0.1) is 11.8 Å². The zero-order chi connectivity index (χ0) is 11.5. The van der Waals surface area contributed by atoms with Crippen molar-refractivity contribution < 1.29 is 15.0 Å². The standard InChI is InChI=1S/C11H20N2O3/c14-7-9-1-3-12(5-9)11(16)13-4-2-10(6-13)8-15/h9-10,14-15H,1-8H2/t9-,10-/m0/s1. The number of aliphatic hydroxyl groups excluding tert-OH is 2. The van der Waals surface area contributed by atoms with Gasteiger partial charge in [-0.05, 0) is 12.8 Å². The molecule has 2 amide bonds. The molecule has 2 fully saturated rings. The van der Waals surface area contributed by atoms with E-state index in [2.05, 4.69) is 0 Å². The molecule has 0 spiro atoms. The molecule has 2 saturated heterocycles. The molecule has 2 atom stereocenters. The van der Waals surface area contributed by atoms with Gasteiger partial charge in [-0.25, -0.2) is 4.79 Å². The van der Waals surface area contributed by atoms with Crippen LogP contribution in [0.5, 0.6) is 0 Å². The fourth-order valence-electron chi connectivity index (χ4n) is 2.51. The molecule has 5 heteroatoms. The number of carbonyl (C=O) groups excluding carboxylic acids is 1. The average molecular weight is 228 g/mol. The van der Waals surface area contributed by atoms with Crippen LogP contribution in [-0.2, 0) is 0 Å². The number of likely N-dealkylation sites (tertiary alicyclic amines) is 2. The highest BCUT2D eigenvalue weighted by Gasteiger charge is 2.32. The molecule has 0 saturated carbocycles. The maximum atomic E-state index is 12.1. The lowest BCUT2D eigenvalue weighted by Gasteiger charge is -2.24. The lowest BCUT2D eigenvalue weighted by atomic mass is 10.1. The highest BCUT2D eigenvalue weighted by atomic mass is 16.3. The van der Waals surface area contributed by atoms with Crippen LogP contribution in [0.4, 0.5) is 4.79 Å². The molecule has 0 radical (unpaired) electrons. The molecule has 0 aromatic heterocycles. The molecule has 0 aliphatic carbocycles. The van der Waals surface area contributed by atoms with Crippen LogP contribution in [0.2, 0.25) is 0 Å². The first-order valence-corrected chi connectivity index (χ1v) is 6.00. The highest BCUT2D eigenvalue weighted by Crippen LogP contribution is 2.21. The van der Waals surface area contributed by atoms with Gasteiger partial charge in [0.1, 0.15) is 0 Å². The molecular weight excluding hydrogens is 208 g/mol. The normalized spacial score (nSPS) is 30.1. The van der Waals surface area contributed by atoms with Gasteiger partial charge in [-0.2, -0.15) is 0 Å². The summed E-state index contributed by atoms with van der Waals surface area (Å²) in [5.41, 5.74) is 0. The second-order valence-electron chi connectivity index (χ2n) is 4.85. The highest BCUT2D eigenvalue weighted by molar-refractivity contribution is 5.75. The average Bonchev–Trinajstić information content (AvgIpc) is 2.97. The number of hydrogen-bond acceptors (Lipinski definition) is 3. The van der Waals surface area contributed by atoms with Gasteiger partial charge in [-0.15, -0.1) is 0 Å². The Bertz CT molecular complexity index is 236. The van der Waals surface area contributed by atoms with Gasteiger partial charge in [0.25, 0.3) is 0 Å². The largest absolute Gasteiger partial charge is 0.396 e. The number of hydrogen-bond donors (Lipinski definition) is 2. The van der Waals surface area contributed by atoms with Gasteiger partial charge in [0.2, 0.25) is 0 Å². The molecule has 0 aromatic rings. The summed E-state index contributed by atoms with van der Waals surface area (Å²) in [5, 5.41) is 18.1. The van der Waals surface area contributed by atoms with E-state index in [1.54, 1.807) is 0 Å². The number of amides is 2. The monoisotopic (exact) mass is 228 g/mol. The molecule has 0 bridgehead atoms. The minimum atomic E-state index is 0.0758. The Labute approximate surface area is 95.6 Å². The summed E-state index contributed by atoms with van der Waals surface area (Å²) in [7, 11) is 0. The summed E-state index contributed by atoms with van der Waals surface area (Å²) in [6, 6.07) is 0.0758. The number of nitrogens with zero attached hydrogens (tertiary/aromatic N) is 2. The van der Waals surface area contributed by atoms with Gasteiger partial charge in [-0.3, -0.25) is 0 Å². The van der Waals surface area contributed by atoms with Crippen molar-refractivity contribution in [1.29, 1.82) is 0 Å². The quantitative estimate of drug-likeness (QED) is 0.684. The van der Waals surface area contributed by atoms with Crippen molar-refractivity contribution in [3.8, 4) is 0 Å². The predicted molar refractivity (Wildman–Crippen MR) is 58.9 cm³/mol. The van der Waals surface area contributed by atoms with Crippen LogP contribution in [0.25, 0.3) is 0 Å². The fourth-order valence-corrected chi connectivity index (χ4v) is 2.51. The smallest absolute Gasteiger partial charge is 0.320 e. The van der Waals surface area contributed by atoms with Crippen LogP contribution in [0.3, 0.4) is 0 Å². The van der Waals surface area contributed by atoms with Crippen molar-refractivity contribution in [2.24, 2.45) is 11.8 Å². The summed E-state index contributed by atoms with van der Waals surface area (Å²) in [6.45, 7) is 3.20. The second kappa shape index (κ2) is 5.01. The Balaban J connectivity index is 1.84. The van der Waals surface area contributed by atoms with E-state index in [0.29, 0.717) is 13.1 Å². The van der Waals surface area contributed by atoms with Crippen molar-refractivity contribution in [3.63, 3.8) is 0 Å². The van der Waals surface area contributed by atoms with Crippen LogP contribution in [-0.4, -0.2) is 65.4 Å². The third-order valence-corrected chi connectivity index (χ3v) is 3.63. The zero-order valence-electron chi connectivity index (χ0n) is 9.51. The summed E-state index contributed by atoms with van der Waals surface area (Å²) >= 11 is 0. The topological polar surface area (TPSA) is 64.0 Å². The van der Waals surface area contributed by atoms with E-state index in [9.17, 15) is 4.79 Å². The molecule has 2 aliphatic rings. The van der Waals surface area contributed by atoms with Gasteiger partial charge in [0.05, 0.1) is 0 Å². The molecule has 2 N–H and O–H groups in total. The summed E-state index contributed by atoms with van der Waals surface area (Å²) in [5.74, 6) is 0.500. The molecule has 5 nitrogen and oxygen atoms in total. The van der Waals surface area contributed by atoms with Crippen LogP contribution >= 0.6 is 0 Å². The first-order chi connectivity index (χ1) is 7.74. The summed E-state index contributed by atoms with van der Waals surface area (Å²) < 4.78 is 0. The Morgan fingerprint density at radius 3 is 1.75 bits per heavy atom. The first-order valence-electron chi connectivity index (χ1n) is 6.00.